The maximum absolute atomic E-state index is 13.1. The van der Waals surface area contributed by atoms with E-state index in [4.69, 9.17) is 4.74 Å². The standard InChI is InChI=1S/C24H26N2O4/c1-24(2)15-26(14-16-9-5-4-6-10-16)22(28)21(24)30-23(29)18-13-20(27)25(3)19-12-8-7-11-17(18)19/h4-12,18,21H,13-15H2,1-3H3/t18-,21+/m1/s1. The Bertz CT molecular complexity index is 986. The van der Waals surface area contributed by atoms with Crippen LogP contribution in [0.3, 0.4) is 0 Å². The second-order valence-electron chi connectivity index (χ2n) is 8.75. The zero-order valence-corrected chi connectivity index (χ0v) is 17.5. The summed E-state index contributed by atoms with van der Waals surface area (Å²) < 4.78 is 5.79. The molecule has 4 rings (SSSR count). The molecule has 2 heterocycles. The van der Waals surface area contributed by atoms with Crippen molar-refractivity contribution in [1.82, 2.24) is 4.90 Å². The van der Waals surface area contributed by atoms with E-state index in [0.717, 1.165) is 11.1 Å². The Kier molecular flexibility index (Phi) is 5.10. The van der Waals surface area contributed by atoms with Crippen LogP contribution < -0.4 is 4.90 Å². The van der Waals surface area contributed by atoms with Crippen LogP contribution in [0.4, 0.5) is 5.69 Å². The Balaban J connectivity index is 1.53. The van der Waals surface area contributed by atoms with Crippen molar-refractivity contribution < 1.29 is 19.1 Å². The second-order valence-corrected chi connectivity index (χ2v) is 8.75. The fourth-order valence-corrected chi connectivity index (χ4v) is 4.35. The van der Waals surface area contributed by atoms with Crippen LogP contribution in [0.5, 0.6) is 0 Å². The Morgan fingerprint density at radius 3 is 2.47 bits per heavy atom. The zero-order valence-electron chi connectivity index (χ0n) is 17.5. The minimum absolute atomic E-state index is 0.0431. The van der Waals surface area contributed by atoms with Crippen LogP contribution in [-0.4, -0.2) is 42.4 Å². The molecule has 0 spiro atoms. The molecule has 6 nitrogen and oxygen atoms in total. The smallest absolute Gasteiger partial charge is 0.314 e. The van der Waals surface area contributed by atoms with Gasteiger partial charge in [0.25, 0.3) is 5.91 Å². The number of rotatable bonds is 4. The van der Waals surface area contributed by atoms with Gasteiger partial charge in [0.05, 0.1) is 5.92 Å². The summed E-state index contributed by atoms with van der Waals surface area (Å²) >= 11 is 0. The molecule has 6 heteroatoms. The highest BCUT2D eigenvalue weighted by molar-refractivity contribution is 6.01. The first-order valence-corrected chi connectivity index (χ1v) is 10.2. The Morgan fingerprint density at radius 1 is 1.07 bits per heavy atom. The van der Waals surface area contributed by atoms with Crippen molar-refractivity contribution in [3.63, 3.8) is 0 Å². The molecule has 0 bridgehead atoms. The van der Waals surface area contributed by atoms with Gasteiger partial charge in [-0.15, -0.1) is 0 Å². The van der Waals surface area contributed by atoms with Gasteiger partial charge in [-0.25, -0.2) is 0 Å². The SMILES string of the molecule is CN1C(=O)C[C@@H](C(=O)O[C@H]2C(=O)N(Cc3ccccc3)CC2(C)C)c2ccccc21. The number of hydrogen-bond acceptors (Lipinski definition) is 4. The maximum Gasteiger partial charge on any atom is 0.314 e. The lowest BCUT2D eigenvalue weighted by Gasteiger charge is -2.32. The number of anilines is 1. The number of hydrogen-bond donors (Lipinski definition) is 0. The van der Waals surface area contributed by atoms with Gasteiger partial charge in [-0.05, 0) is 17.2 Å². The summed E-state index contributed by atoms with van der Waals surface area (Å²) in [5.41, 5.74) is 1.98. The van der Waals surface area contributed by atoms with E-state index in [1.807, 2.05) is 68.4 Å². The molecule has 0 aromatic heterocycles. The quantitative estimate of drug-likeness (QED) is 0.732. The predicted octanol–water partition coefficient (Wildman–Crippen LogP) is 3.12. The van der Waals surface area contributed by atoms with Crippen molar-refractivity contribution in [3.8, 4) is 0 Å². The van der Waals surface area contributed by atoms with Gasteiger partial charge in [-0.3, -0.25) is 14.4 Å². The number of carbonyl (C=O) groups excluding carboxylic acids is 3. The second kappa shape index (κ2) is 7.59. The molecule has 0 saturated carbocycles. The first kappa shape index (κ1) is 20.1. The number of para-hydroxylation sites is 1. The lowest BCUT2D eigenvalue weighted by atomic mass is 9.88. The summed E-state index contributed by atoms with van der Waals surface area (Å²) in [7, 11) is 1.70. The number of benzene rings is 2. The first-order valence-electron chi connectivity index (χ1n) is 10.2. The van der Waals surface area contributed by atoms with Crippen molar-refractivity contribution in [2.75, 3.05) is 18.5 Å². The molecule has 0 N–H and O–H groups in total. The minimum Gasteiger partial charge on any atom is -0.451 e. The molecule has 1 fully saturated rings. The molecular formula is C24H26N2O4. The van der Waals surface area contributed by atoms with E-state index in [9.17, 15) is 14.4 Å². The third kappa shape index (κ3) is 3.58. The summed E-state index contributed by atoms with van der Waals surface area (Å²) in [5, 5.41) is 0. The molecule has 2 aliphatic rings. The number of likely N-dealkylation sites (tertiary alicyclic amines) is 1. The van der Waals surface area contributed by atoms with Crippen molar-refractivity contribution in [2.45, 2.75) is 38.8 Å². The van der Waals surface area contributed by atoms with E-state index in [2.05, 4.69) is 0 Å². The molecule has 2 aliphatic heterocycles. The highest BCUT2D eigenvalue weighted by Gasteiger charge is 2.50. The molecule has 0 aliphatic carbocycles. The number of nitrogens with zero attached hydrogens (tertiary/aromatic N) is 2. The first-order chi connectivity index (χ1) is 14.3. The van der Waals surface area contributed by atoms with Gasteiger partial charge in [-0.2, -0.15) is 0 Å². The van der Waals surface area contributed by atoms with Crippen molar-refractivity contribution in [3.05, 3.63) is 65.7 Å². The molecule has 2 amide bonds. The molecule has 2 aromatic carbocycles. The Labute approximate surface area is 176 Å². The zero-order chi connectivity index (χ0) is 21.5. The number of carbonyl (C=O) groups is 3. The molecule has 30 heavy (non-hydrogen) atoms. The van der Waals surface area contributed by atoms with Crippen LogP contribution in [-0.2, 0) is 25.7 Å². The Morgan fingerprint density at radius 2 is 1.73 bits per heavy atom. The van der Waals surface area contributed by atoms with E-state index >= 15 is 0 Å². The monoisotopic (exact) mass is 406 g/mol. The Hall–Kier alpha value is -3.15. The highest BCUT2D eigenvalue weighted by atomic mass is 16.6. The average molecular weight is 406 g/mol. The van der Waals surface area contributed by atoms with Crippen molar-refractivity contribution in [2.24, 2.45) is 5.41 Å². The molecule has 2 aromatic rings. The van der Waals surface area contributed by atoms with Crippen molar-refractivity contribution in [1.29, 1.82) is 0 Å². The van der Waals surface area contributed by atoms with Gasteiger partial charge >= 0.3 is 5.97 Å². The number of fused-ring (bicyclic) bond motifs is 1. The van der Waals surface area contributed by atoms with Crippen LogP contribution >= 0.6 is 0 Å². The summed E-state index contributed by atoms with van der Waals surface area (Å²) in [4.78, 5) is 41.9. The lowest BCUT2D eigenvalue weighted by Crippen LogP contribution is -2.40. The fraction of sp³-hybridized carbons (Fsp3) is 0.375. The number of amides is 2. The van der Waals surface area contributed by atoms with E-state index < -0.39 is 23.4 Å². The normalized spacial score (nSPS) is 22.8. The average Bonchev–Trinajstić information content (AvgIpc) is 2.94. The van der Waals surface area contributed by atoms with E-state index in [0.29, 0.717) is 18.8 Å². The molecule has 156 valence electrons. The van der Waals surface area contributed by atoms with Crippen LogP contribution in [0.2, 0.25) is 0 Å². The number of ether oxygens (including phenoxy) is 1. The number of esters is 1. The van der Waals surface area contributed by atoms with E-state index in [1.54, 1.807) is 16.8 Å². The van der Waals surface area contributed by atoms with Crippen LogP contribution in [0.1, 0.15) is 37.3 Å². The third-order valence-electron chi connectivity index (χ3n) is 6.01. The topological polar surface area (TPSA) is 66.9 Å². The van der Waals surface area contributed by atoms with E-state index in [1.165, 1.54) is 0 Å². The minimum atomic E-state index is -0.865. The highest BCUT2D eigenvalue weighted by Crippen LogP contribution is 2.39. The van der Waals surface area contributed by atoms with Crippen LogP contribution in [0.15, 0.2) is 54.6 Å². The predicted molar refractivity (Wildman–Crippen MR) is 113 cm³/mol. The van der Waals surface area contributed by atoms with Gasteiger partial charge < -0.3 is 14.5 Å². The maximum atomic E-state index is 13.1. The van der Waals surface area contributed by atoms with Crippen molar-refractivity contribution >= 4 is 23.5 Å². The van der Waals surface area contributed by atoms with Gasteiger partial charge in [0.15, 0.2) is 6.10 Å². The molecule has 0 unspecified atom stereocenters. The summed E-state index contributed by atoms with van der Waals surface area (Å²) in [6, 6.07) is 17.1. The van der Waals surface area contributed by atoms with Gasteiger partial charge in [-0.1, -0.05) is 62.4 Å². The molecule has 1 saturated heterocycles. The lowest BCUT2D eigenvalue weighted by molar-refractivity contribution is -0.162. The molecule has 2 atom stereocenters. The summed E-state index contributed by atoms with van der Waals surface area (Å²) in [5.74, 6) is -1.54. The molecular weight excluding hydrogens is 380 g/mol. The van der Waals surface area contributed by atoms with Gasteiger partial charge in [0, 0.05) is 37.7 Å². The largest absolute Gasteiger partial charge is 0.451 e. The summed E-state index contributed by atoms with van der Waals surface area (Å²) in [6.07, 6.45) is -0.822. The van der Waals surface area contributed by atoms with Crippen LogP contribution in [0.25, 0.3) is 0 Å². The van der Waals surface area contributed by atoms with Gasteiger partial charge in [0.2, 0.25) is 5.91 Å². The third-order valence-corrected chi connectivity index (χ3v) is 6.01. The van der Waals surface area contributed by atoms with Gasteiger partial charge in [0.1, 0.15) is 0 Å². The van der Waals surface area contributed by atoms with Crippen LogP contribution in [0, 0.1) is 5.41 Å². The summed E-state index contributed by atoms with van der Waals surface area (Å²) in [6.45, 7) is 4.84. The molecule has 0 radical (unpaired) electrons. The fourth-order valence-electron chi connectivity index (χ4n) is 4.35. The van der Waals surface area contributed by atoms with E-state index in [-0.39, 0.29) is 18.2 Å².